The van der Waals surface area contributed by atoms with E-state index >= 15 is 0 Å². The molecule has 0 radical (unpaired) electrons. The van der Waals surface area contributed by atoms with Gasteiger partial charge in [-0.05, 0) is 18.4 Å². The number of ether oxygens (including phenoxy) is 1. The number of rotatable bonds is 4. The van der Waals surface area contributed by atoms with Gasteiger partial charge in [0.05, 0.1) is 6.04 Å². The van der Waals surface area contributed by atoms with E-state index in [-0.39, 0.29) is 30.4 Å². The molecule has 108 valence electrons. The van der Waals surface area contributed by atoms with Crippen molar-refractivity contribution in [2.75, 3.05) is 6.54 Å². The van der Waals surface area contributed by atoms with E-state index in [2.05, 4.69) is 0 Å². The third-order valence-corrected chi connectivity index (χ3v) is 3.59. The highest BCUT2D eigenvalue weighted by molar-refractivity contribution is 5.89. The van der Waals surface area contributed by atoms with Gasteiger partial charge in [0.1, 0.15) is 6.61 Å². The number of nitrogens with zero attached hydrogens (tertiary/aromatic N) is 1. The fourth-order valence-corrected chi connectivity index (χ4v) is 2.47. The van der Waals surface area contributed by atoms with Gasteiger partial charge in [-0.25, -0.2) is 4.79 Å². The predicted molar refractivity (Wildman–Crippen MR) is 76.2 cm³/mol. The quantitative estimate of drug-likeness (QED) is 0.848. The summed E-state index contributed by atoms with van der Waals surface area (Å²) in [4.78, 5) is 25.8. The van der Waals surface area contributed by atoms with Crippen LogP contribution >= 0.6 is 0 Å². The number of hydrogen-bond acceptors (Lipinski definition) is 3. The molecule has 1 aliphatic heterocycles. The van der Waals surface area contributed by atoms with Crippen LogP contribution in [0.1, 0.15) is 32.3 Å². The molecule has 1 amide bonds. The lowest BCUT2D eigenvalue weighted by atomic mass is 10.0. The molecular weight excluding hydrogens is 254 g/mol. The largest absolute Gasteiger partial charge is 0.445 e. The van der Waals surface area contributed by atoms with Crippen LogP contribution in [0.5, 0.6) is 0 Å². The number of hydrogen-bond donors (Lipinski definition) is 0. The molecule has 1 saturated heterocycles. The highest BCUT2D eigenvalue weighted by Gasteiger charge is 2.35. The monoisotopic (exact) mass is 275 g/mol. The summed E-state index contributed by atoms with van der Waals surface area (Å²) in [5.74, 6) is 0.0710. The molecule has 1 atom stereocenters. The third-order valence-electron chi connectivity index (χ3n) is 3.59. The van der Waals surface area contributed by atoms with Gasteiger partial charge in [0.15, 0.2) is 5.78 Å². The Bertz CT molecular complexity index is 470. The highest BCUT2D eigenvalue weighted by Crippen LogP contribution is 2.22. The molecule has 1 aromatic carbocycles. The summed E-state index contributed by atoms with van der Waals surface area (Å²) in [6, 6.07) is 9.25. The Morgan fingerprint density at radius 2 is 2.00 bits per heavy atom. The van der Waals surface area contributed by atoms with Crippen LogP contribution in [0.25, 0.3) is 0 Å². The Balaban J connectivity index is 1.93. The van der Waals surface area contributed by atoms with E-state index in [0.29, 0.717) is 6.54 Å². The van der Waals surface area contributed by atoms with Gasteiger partial charge < -0.3 is 4.74 Å². The average molecular weight is 275 g/mol. The minimum absolute atomic E-state index is 0.0532. The van der Waals surface area contributed by atoms with Gasteiger partial charge in [-0.1, -0.05) is 44.2 Å². The number of Topliss-reactive ketones (excluding diaryl/α,β-unsaturated/α-hetero) is 1. The van der Waals surface area contributed by atoms with Gasteiger partial charge >= 0.3 is 6.09 Å². The zero-order chi connectivity index (χ0) is 14.5. The Kier molecular flexibility index (Phi) is 4.77. The lowest BCUT2D eigenvalue weighted by molar-refractivity contribution is -0.125. The Labute approximate surface area is 119 Å². The first kappa shape index (κ1) is 14.6. The van der Waals surface area contributed by atoms with E-state index in [1.807, 2.05) is 44.2 Å². The van der Waals surface area contributed by atoms with E-state index in [9.17, 15) is 9.59 Å². The van der Waals surface area contributed by atoms with Crippen molar-refractivity contribution < 1.29 is 14.3 Å². The second-order valence-corrected chi connectivity index (χ2v) is 5.45. The first-order valence-electron chi connectivity index (χ1n) is 7.10. The van der Waals surface area contributed by atoms with E-state index in [1.165, 1.54) is 0 Å². The average Bonchev–Trinajstić information content (AvgIpc) is 2.94. The molecule has 1 aromatic rings. The van der Waals surface area contributed by atoms with Crippen LogP contribution in [-0.4, -0.2) is 29.4 Å². The van der Waals surface area contributed by atoms with Gasteiger partial charge in [0.25, 0.3) is 0 Å². The second kappa shape index (κ2) is 6.55. The number of benzene rings is 1. The lowest BCUT2D eigenvalue weighted by Crippen LogP contribution is -2.42. The zero-order valence-electron chi connectivity index (χ0n) is 12.0. The molecule has 1 heterocycles. The number of amides is 1. The first-order valence-corrected chi connectivity index (χ1v) is 7.10. The Hall–Kier alpha value is -1.84. The fourth-order valence-electron chi connectivity index (χ4n) is 2.47. The van der Waals surface area contributed by atoms with Crippen LogP contribution in [0.15, 0.2) is 30.3 Å². The van der Waals surface area contributed by atoms with E-state index < -0.39 is 0 Å². The number of carbonyl (C=O) groups excluding carboxylic acids is 2. The maximum atomic E-state index is 12.1. The van der Waals surface area contributed by atoms with Gasteiger partial charge in [-0.2, -0.15) is 0 Å². The normalized spacial score (nSPS) is 18.4. The molecule has 20 heavy (non-hydrogen) atoms. The molecule has 0 aromatic heterocycles. The molecule has 4 heteroatoms. The SMILES string of the molecule is CC(C)C(=O)C1CCCN1C(=O)OCc1ccccc1. The summed E-state index contributed by atoms with van der Waals surface area (Å²) in [7, 11) is 0. The van der Waals surface area contributed by atoms with Crippen molar-refractivity contribution in [2.45, 2.75) is 39.3 Å². The maximum absolute atomic E-state index is 12.1. The standard InChI is InChI=1S/C16H21NO3/c1-12(2)15(18)14-9-6-10-17(14)16(19)20-11-13-7-4-3-5-8-13/h3-5,7-8,12,14H,6,9-11H2,1-2H3. The maximum Gasteiger partial charge on any atom is 0.410 e. The second-order valence-electron chi connectivity index (χ2n) is 5.45. The van der Waals surface area contributed by atoms with Crippen LogP contribution in [0, 0.1) is 5.92 Å². The molecule has 1 fully saturated rings. The lowest BCUT2D eigenvalue weighted by Gasteiger charge is -2.24. The Morgan fingerprint density at radius 3 is 2.65 bits per heavy atom. The number of likely N-dealkylation sites (tertiary alicyclic amines) is 1. The first-order chi connectivity index (χ1) is 9.59. The van der Waals surface area contributed by atoms with Gasteiger partial charge in [-0.15, -0.1) is 0 Å². The summed E-state index contributed by atoms with van der Waals surface area (Å²) in [6.07, 6.45) is 1.23. The van der Waals surface area contributed by atoms with Gasteiger partial charge in [-0.3, -0.25) is 9.69 Å². The van der Waals surface area contributed by atoms with Crippen LogP contribution in [0.3, 0.4) is 0 Å². The smallest absolute Gasteiger partial charge is 0.410 e. The molecule has 1 unspecified atom stereocenters. The molecule has 0 bridgehead atoms. The summed E-state index contributed by atoms with van der Waals surface area (Å²) in [6.45, 7) is 4.60. The van der Waals surface area contributed by atoms with Crippen molar-refractivity contribution in [3.05, 3.63) is 35.9 Å². The topological polar surface area (TPSA) is 46.6 Å². The van der Waals surface area contributed by atoms with Crippen LogP contribution in [-0.2, 0) is 16.1 Å². The molecule has 0 N–H and O–H groups in total. The number of ketones is 1. The molecule has 0 spiro atoms. The van der Waals surface area contributed by atoms with Gasteiger partial charge in [0, 0.05) is 12.5 Å². The molecule has 0 saturated carbocycles. The van der Waals surface area contributed by atoms with E-state index in [4.69, 9.17) is 4.74 Å². The highest BCUT2D eigenvalue weighted by atomic mass is 16.6. The summed E-state index contributed by atoms with van der Waals surface area (Å²) < 4.78 is 5.31. The summed E-state index contributed by atoms with van der Waals surface area (Å²) >= 11 is 0. The van der Waals surface area contributed by atoms with Crippen LogP contribution < -0.4 is 0 Å². The van der Waals surface area contributed by atoms with E-state index in [0.717, 1.165) is 18.4 Å². The Morgan fingerprint density at radius 1 is 1.30 bits per heavy atom. The third kappa shape index (κ3) is 3.38. The minimum Gasteiger partial charge on any atom is -0.445 e. The molecule has 1 aliphatic rings. The minimum atomic E-state index is -0.384. The summed E-state index contributed by atoms with van der Waals surface area (Å²) in [5, 5.41) is 0. The van der Waals surface area contributed by atoms with Crippen molar-refractivity contribution in [1.82, 2.24) is 4.90 Å². The summed E-state index contributed by atoms with van der Waals surface area (Å²) in [5.41, 5.74) is 0.951. The molecule has 2 rings (SSSR count). The number of carbonyl (C=O) groups is 2. The predicted octanol–water partition coefficient (Wildman–Crippen LogP) is 3.01. The zero-order valence-corrected chi connectivity index (χ0v) is 12.0. The van der Waals surface area contributed by atoms with Crippen LogP contribution in [0.4, 0.5) is 4.79 Å². The van der Waals surface area contributed by atoms with E-state index in [1.54, 1.807) is 4.90 Å². The van der Waals surface area contributed by atoms with Crippen molar-refractivity contribution in [1.29, 1.82) is 0 Å². The van der Waals surface area contributed by atoms with Crippen molar-refractivity contribution in [3.8, 4) is 0 Å². The van der Waals surface area contributed by atoms with Crippen molar-refractivity contribution in [3.63, 3.8) is 0 Å². The molecule has 4 nitrogen and oxygen atoms in total. The van der Waals surface area contributed by atoms with Crippen molar-refractivity contribution >= 4 is 11.9 Å². The molecule has 0 aliphatic carbocycles. The van der Waals surface area contributed by atoms with Crippen molar-refractivity contribution in [2.24, 2.45) is 5.92 Å². The fraction of sp³-hybridized carbons (Fsp3) is 0.500. The van der Waals surface area contributed by atoms with Crippen LogP contribution in [0.2, 0.25) is 0 Å². The van der Waals surface area contributed by atoms with Gasteiger partial charge in [0.2, 0.25) is 0 Å². The molecular formula is C16H21NO3.